The number of nitrogens with zero attached hydrogens (tertiary/aromatic N) is 1. The van der Waals surface area contributed by atoms with E-state index >= 15 is 0 Å². The van der Waals surface area contributed by atoms with Crippen LogP contribution >= 0.6 is 0 Å². The highest BCUT2D eigenvalue weighted by Crippen LogP contribution is 2.42. The van der Waals surface area contributed by atoms with E-state index in [0.717, 1.165) is 66.1 Å². The monoisotopic (exact) mass is 603 g/mol. The molecule has 47 heavy (non-hydrogen) atoms. The fraction of sp³-hybridized carbons (Fsp3) is 0.0455. The highest BCUT2D eigenvalue weighted by molar-refractivity contribution is 6.15. The Morgan fingerprint density at radius 2 is 1.09 bits per heavy atom. The Labute approximate surface area is 270 Å². The van der Waals surface area contributed by atoms with E-state index in [-0.39, 0.29) is 0 Å². The fourth-order valence-corrected chi connectivity index (χ4v) is 7.46. The van der Waals surface area contributed by atoms with Gasteiger partial charge in [0.2, 0.25) is 0 Å². The van der Waals surface area contributed by atoms with Crippen molar-refractivity contribution in [3.8, 4) is 27.9 Å². The third-order valence-corrected chi connectivity index (χ3v) is 9.68. The summed E-state index contributed by atoms with van der Waals surface area (Å²) in [5, 5.41) is 6.96. The molecule has 0 N–H and O–H groups in total. The number of furan rings is 2. The van der Waals surface area contributed by atoms with Crippen molar-refractivity contribution in [2.45, 2.75) is 13.8 Å². The van der Waals surface area contributed by atoms with Crippen LogP contribution in [-0.4, -0.2) is 4.57 Å². The molecular weight excluding hydrogens is 574 g/mol. The molecule has 0 aliphatic rings. The minimum absolute atomic E-state index is 0.893. The number of aromatic nitrogens is 1. The van der Waals surface area contributed by atoms with Gasteiger partial charge < -0.3 is 13.4 Å². The Bertz CT molecular complexity index is 2880. The highest BCUT2D eigenvalue weighted by Gasteiger charge is 2.19. The van der Waals surface area contributed by atoms with Gasteiger partial charge in [-0.15, -0.1) is 0 Å². The molecule has 7 aromatic carbocycles. The maximum Gasteiger partial charge on any atom is 0.143 e. The lowest BCUT2D eigenvalue weighted by molar-refractivity contribution is 0.668. The zero-order valence-corrected chi connectivity index (χ0v) is 26.0. The topological polar surface area (TPSA) is 31.2 Å². The van der Waals surface area contributed by atoms with Crippen molar-refractivity contribution in [1.82, 2.24) is 4.57 Å². The van der Waals surface area contributed by atoms with E-state index in [1.54, 1.807) is 0 Å². The summed E-state index contributed by atoms with van der Waals surface area (Å²) in [6.07, 6.45) is 0. The molecule has 0 saturated carbocycles. The minimum atomic E-state index is 0.893. The first kappa shape index (κ1) is 26.2. The molecule has 10 aromatic rings. The van der Waals surface area contributed by atoms with Crippen LogP contribution < -0.4 is 0 Å². The molecule has 0 aliphatic heterocycles. The van der Waals surface area contributed by atoms with Crippen molar-refractivity contribution >= 4 is 65.7 Å². The summed E-state index contributed by atoms with van der Waals surface area (Å²) in [5.74, 6) is 0. The normalized spacial score (nSPS) is 12.0. The molecule has 222 valence electrons. The molecule has 0 amide bonds. The first-order valence-corrected chi connectivity index (χ1v) is 16.1. The summed E-state index contributed by atoms with van der Waals surface area (Å²) in [7, 11) is 0. The largest absolute Gasteiger partial charge is 0.456 e. The van der Waals surface area contributed by atoms with Crippen LogP contribution in [0.15, 0.2) is 148 Å². The molecule has 3 nitrogen and oxygen atoms in total. The van der Waals surface area contributed by atoms with Crippen LogP contribution in [0.4, 0.5) is 0 Å². The van der Waals surface area contributed by atoms with Crippen molar-refractivity contribution < 1.29 is 8.83 Å². The van der Waals surface area contributed by atoms with Crippen LogP contribution in [0.1, 0.15) is 11.1 Å². The first-order chi connectivity index (χ1) is 23.1. The maximum absolute atomic E-state index is 6.62. The first-order valence-electron chi connectivity index (χ1n) is 16.1. The smallest absolute Gasteiger partial charge is 0.143 e. The van der Waals surface area contributed by atoms with Crippen molar-refractivity contribution in [1.29, 1.82) is 0 Å². The van der Waals surface area contributed by atoms with E-state index in [9.17, 15) is 0 Å². The third kappa shape index (κ3) is 3.93. The lowest BCUT2D eigenvalue weighted by atomic mass is 9.94. The Kier molecular flexibility index (Phi) is 5.41. The van der Waals surface area contributed by atoms with Crippen LogP contribution in [-0.2, 0) is 0 Å². The zero-order valence-electron chi connectivity index (χ0n) is 26.0. The second-order valence-electron chi connectivity index (χ2n) is 12.7. The van der Waals surface area contributed by atoms with Crippen LogP contribution in [0, 0.1) is 13.8 Å². The minimum Gasteiger partial charge on any atom is -0.456 e. The molecule has 0 radical (unpaired) electrons. The van der Waals surface area contributed by atoms with Gasteiger partial charge in [0.05, 0.1) is 11.0 Å². The molecule has 0 saturated heterocycles. The Morgan fingerprint density at radius 1 is 0.404 bits per heavy atom. The van der Waals surface area contributed by atoms with Crippen molar-refractivity contribution in [3.63, 3.8) is 0 Å². The predicted molar refractivity (Wildman–Crippen MR) is 196 cm³/mol. The molecule has 3 heteroatoms. The Hall–Kier alpha value is -6.06. The molecule has 0 unspecified atom stereocenters. The summed E-state index contributed by atoms with van der Waals surface area (Å²) in [6.45, 7) is 4.27. The van der Waals surface area contributed by atoms with Gasteiger partial charge in [-0.1, -0.05) is 72.3 Å². The van der Waals surface area contributed by atoms with Crippen molar-refractivity contribution in [3.05, 3.63) is 151 Å². The van der Waals surface area contributed by atoms with Gasteiger partial charge in [0.25, 0.3) is 0 Å². The summed E-state index contributed by atoms with van der Waals surface area (Å²) in [4.78, 5) is 0. The van der Waals surface area contributed by atoms with Gasteiger partial charge >= 0.3 is 0 Å². The van der Waals surface area contributed by atoms with E-state index in [4.69, 9.17) is 8.83 Å². The van der Waals surface area contributed by atoms with E-state index in [0.29, 0.717) is 0 Å². The number of rotatable bonds is 3. The van der Waals surface area contributed by atoms with Gasteiger partial charge in [0.15, 0.2) is 0 Å². The molecule has 0 bridgehead atoms. The molecule has 3 aromatic heterocycles. The molecule has 0 spiro atoms. The van der Waals surface area contributed by atoms with E-state index in [1.807, 2.05) is 6.07 Å². The van der Waals surface area contributed by atoms with Crippen LogP contribution in [0.3, 0.4) is 0 Å². The van der Waals surface area contributed by atoms with Crippen molar-refractivity contribution in [2.75, 3.05) is 0 Å². The van der Waals surface area contributed by atoms with Crippen LogP contribution in [0.2, 0.25) is 0 Å². The van der Waals surface area contributed by atoms with E-state index in [2.05, 4.69) is 152 Å². The summed E-state index contributed by atoms with van der Waals surface area (Å²) < 4.78 is 15.2. The average Bonchev–Trinajstić information content (AvgIpc) is 3.76. The zero-order chi connectivity index (χ0) is 31.2. The van der Waals surface area contributed by atoms with Crippen LogP contribution in [0.25, 0.3) is 93.6 Å². The number of para-hydroxylation sites is 2. The van der Waals surface area contributed by atoms with Gasteiger partial charge in [-0.25, -0.2) is 0 Å². The van der Waals surface area contributed by atoms with Gasteiger partial charge in [-0.05, 0) is 109 Å². The molecule has 10 rings (SSSR count). The molecule has 0 fully saturated rings. The maximum atomic E-state index is 6.62. The lowest BCUT2D eigenvalue weighted by Gasteiger charge is -2.10. The summed E-state index contributed by atoms with van der Waals surface area (Å²) >= 11 is 0. The number of aryl methyl sites for hydroxylation is 2. The predicted octanol–water partition coefficient (Wildman–Crippen LogP) is 12.5. The molecule has 0 aliphatic carbocycles. The van der Waals surface area contributed by atoms with Crippen LogP contribution in [0.5, 0.6) is 0 Å². The molecular formula is C44H29NO2. The lowest BCUT2D eigenvalue weighted by Crippen LogP contribution is -1.94. The standard InChI is InChI=1S/C44H29NO2/c1-26-8-7-9-31(20-26)45-39-12-5-3-10-32(39)35-23-29(15-17-40(35)45)34-24-30(25-38-33-11-4-6-13-41(33)47-44(34)38)28-16-19-43-37(22-28)36-21-27(2)14-18-42(36)46-43/h3-25H,1-2H3. The van der Waals surface area contributed by atoms with Gasteiger partial charge in [-0.3, -0.25) is 0 Å². The Balaban J connectivity index is 1.24. The highest BCUT2D eigenvalue weighted by atomic mass is 16.3. The van der Waals surface area contributed by atoms with Crippen molar-refractivity contribution in [2.24, 2.45) is 0 Å². The number of benzene rings is 7. The summed E-state index contributed by atoms with van der Waals surface area (Å²) in [5.41, 5.74) is 14.1. The molecule has 0 atom stereocenters. The van der Waals surface area contributed by atoms with Gasteiger partial charge in [0.1, 0.15) is 22.3 Å². The number of hydrogen-bond acceptors (Lipinski definition) is 2. The third-order valence-electron chi connectivity index (χ3n) is 9.68. The fourth-order valence-electron chi connectivity index (χ4n) is 7.46. The average molecular weight is 604 g/mol. The quantitative estimate of drug-likeness (QED) is 0.201. The second-order valence-corrected chi connectivity index (χ2v) is 12.7. The summed E-state index contributed by atoms with van der Waals surface area (Å²) in [6, 6.07) is 50.1. The van der Waals surface area contributed by atoms with E-state index in [1.165, 1.54) is 38.6 Å². The van der Waals surface area contributed by atoms with Gasteiger partial charge in [-0.2, -0.15) is 0 Å². The Morgan fingerprint density at radius 3 is 1.98 bits per heavy atom. The number of fused-ring (bicyclic) bond motifs is 9. The van der Waals surface area contributed by atoms with E-state index < -0.39 is 0 Å². The second kappa shape index (κ2) is 9.72. The SMILES string of the molecule is Cc1cccc(-n2c3ccccc3c3cc(-c4cc(-c5ccc6oc7ccc(C)cc7c6c5)cc5c4oc4ccccc45)ccc32)c1. The molecule has 3 heterocycles. The number of hydrogen-bond donors (Lipinski definition) is 0. The van der Waals surface area contributed by atoms with Gasteiger partial charge in [0, 0.05) is 43.6 Å².